The maximum absolute atomic E-state index is 12.7. The Kier molecular flexibility index (Phi) is 7.37. The Bertz CT molecular complexity index is 1110. The number of carbonyl (C=O) groups excluding carboxylic acids is 2. The molecule has 0 saturated heterocycles. The van der Waals surface area contributed by atoms with Crippen LogP contribution in [0.1, 0.15) is 26.3 Å². The van der Waals surface area contributed by atoms with Gasteiger partial charge in [0.1, 0.15) is 5.75 Å². The van der Waals surface area contributed by atoms with Gasteiger partial charge in [0.05, 0.1) is 38.7 Å². The molecule has 0 bridgehead atoms. The maximum Gasteiger partial charge on any atom is 0.343 e. The monoisotopic (exact) mass is 435 g/mol. The zero-order valence-corrected chi connectivity index (χ0v) is 17.7. The molecule has 9 nitrogen and oxygen atoms in total. The summed E-state index contributed by atoms with van der Waals surface area (Å²) in [6.07, 6.45) is 4.45. The molecule has 0 atom stereocenters. The van der Waals surface area contributed by atoms with Gasteiger partial charge in [-0.3, -0.25) is 9.78 Å². The third-order valence-electron chi connectivity index (χ3n) is 4.27. The third kappa shape index (κ3) is 5.39. The molecule has 3 rings (SSSR count). The fraction of sp³-hybridized carbons (Fsp3) is 0.130. The Balaban J connectivity index is 1.70. The van der Waals surface area contributed by atoms with Crippen LogP contribution in [0.2, 0.25) is 0 Å². The van der Waals surface area contributed by atoms with Gasteiger partial charge in [-0.15, -0.1) is 0 Å². The lowest BCUT2D eigenvalue weighted by Crippen LogP contribution is -2.17. The van der Waals surface area contributed by atoms with Crippen LogP contribution in [0.15, 0.2) is 66.0 Å². The van der Waals surface area contributed by atoms with Gasteiger partial charge in [0.2, 0.25) is 5.75 Å². The summed E-state index contributed by atoms with van der Waals surface area (Å²) in [5.74, 6) is 0.347. The molecule has 0 radical (unpaired) electrons. The number of methoxy groups -OCH3 is 3. The lowest BCUT2D eigenvalue weighted by molar-refractivity contribution is 0.0733. The molecular weight excluding hydrogens is 414 g/mol. The van der Waals surface area contributed by atoms with Crippen LogP contribution in [0.25, 0.3) is 0 Å². The summed E-state index contributed by atoms with van der Waals surface area (Å²) in [6, 6.07) is 13.0. The molecule has 3 aromatic rings. The van der Waals surface area contributed by atoms with Gasteiger partial charge in [0.15, 0.2) is 11.5 Å². The molecular formula is C23H21N3O6. The van der Waals surface area contributed by atoms with Gasteiger partial charge in [0, 0.05) is 12.4 Å². The van der Waals surface area contributed by atoms with Crippen LogP contribution in [-0.4, -0.2) is 44.4 Å². The first-order valence-corrected chi connectivity index (χ1v) is 9.41. The highest BCUT2D eigenvalue weighted by Gasteiger charge is 2.18. The predicted octanol–water partition coefficient (Wildman–Crippen LogP) is 3.09. The van der Waals surface area contributed by atoms with Crippen molar-refractivity contribution >= 4 is 18.1 Å². The van der Waals surface area contributed by atoms with E-state index in [-0.39, 0.29) is 11.5 Å². The minimum atomic E-state index is -0.608. The second-order valence-electron chi connectivity index (χ2n) is 6.32. The summed E-state index contributed by atoms with van der Waals surface area (Å²) in [4.78, 5) is 28.5. The zero-order valence-electron chi connectivity index (χ0n) is 17.7. The number of rotatable bonds is 8. The highest BCUT2D eigenvalue weighted by molar-refractivity contribution is 5.95. The molecule has 0 fully saturated rings. The van der Waals surface area contributed by atoms with Crippen LogP contribution in [0.3, 0.4) is 0 Å². The third-order valence-corrected chi connectivity index (χ3v) is 4.27. The fourth-order valence-corrected chi connectivity index (χ4v) is 2.75. The van der Waals surface area contributed by atoms with Crippen LogP contribution in [-0.2, 0) is 0 Å². The Morgan fingerprint density at radius 3 is 2.31 bits per heavy atom. The van der Waals surface area contributed by atoms with Crippen molar-refractivity contribution in [2.45, 2.75) is 0 Å². The lowest BCUT2D eigenvalue weighted by atomic mass is 10.1. The summed E-state index contributed by atoms with van der Waals surface area (Å²) < 4.78 is 21.3. The molecule has 2 aromatic carbocycles. The fourth-order valence-electron chi connectivity index (χ4n) is 2.75. The number of ether oxygens (including phenoxy) is 4. The van der Waals surface area contributed by atoms with Crippen molar-refractivity contribution in [2.24, 2.45) is 5.10 Å². The van der Waals surface area contributed by atoms with Crippen molar-refractivity contribution < 1.29 is 28.5 Å². The van der Waals surface area contributed by atoms with Crippen molar-refractivity contribution in [3.63, 3.8) is 0 Å². The van der Waals surface area contributed by atoms with E-state index in [1.807, 2.05) is 0 Å². The van der Waals surface area contributed by atoms with E-state index in [2.05, 4.69) is 15.5 Å². The molecule has 0 spiro atoms. The Hall–Kier alpha value is -4.40. The quantitative estimate of drug-likeness (QED) is 0.251. The summed E-state index contributed by atoms with van der Waals surface area (Å²) in [6.45, 7) is 0. The zero-order chi connectivity index (χ0) is 22.9. The van der Waals surface area contributed by atoms with Crippen molar-refractivity contribution in [1.82, 2.24) is 10.4 Å². The summed E-state index contributed by atoms with van der Waals surface area (Å²) in [7, 11) is 4.40. The predicted molar refractivity (Wildman–Crippen MR) is 117 cm³/mol. The topological polar surface area (TPSA) is 108 Å². The molecule has 0 aliphatic heterocycles. The number of hydrazone groups is 1. The average Bonchev–Trinajstić information content (AvgIpc) is 2.83. The molecule has 32 heavy (non-hydrogen) atoms. The van der Waals surface area contributed by atoms with Gasteiger partial charge in [-0.25, -0.2) is 10.2 Å². The van der Waals surface area contributed by atoms with E-state index in [0.717, 1.165) is 0 Å². The number of nitrogens with one attached hydrogen (secondary N) is 1. The minimum absolute atomic E-state index is 0.224. The van der Waals surface area contributed by atoms with Crippen LogP contribution in [0, 0.1) is 0 Å². The molecule has 164 valence electrons. The Morgan fingerprint density at radius 1 is 0.938 bits per heavy atom. The molecule has 0 aliphatic carbocycles. The molecule has 9 heteroatoms. The van der Waals surface area contributed by atoms with Gasteiger partial charge in [0.25, 0.3) is 5.91 Å². The van der Waals surface area contributed by atoms with Gasteiger partial charge >= 0.3 is 5.97 Å². The van der Waals surface area contributed by atoms with E-state index in [0.29, 0.717) is 34.1 Å². The number of carbonyl (C=O) groups is 2. The van der Waals surface area contributed by atoms with Gasteiger partial charge in [-0.05, 0) is 42.0 Å². The second kappa shape index (κ2) is 10.6. The molecule has 1 heterocycles. The number of aromatic nitrogens is 1. The van der Waals surface area contributed by atoms with E-state index in [4.69, 9.17) is 18.9 Å². The van der Waals surface area contributed by atoms with E-state index in [1.54, 1.807) is 42.6 Å². The number of esters is 1. The van der Waals surface area contributed by atoms with Gasteiger partial charge in [-0.1, -0.05) is 12.1 Å². The van der Waals surface area contributed by atoms with Crippen molar-refractivity contribution in [3.05, 3.63) is 77.6 Å². The number of amides is 1. The van der Waals surface area contributed by atoms with Crippen LogP contribution in [0.4, 0.5) is 0 Å². The Labute approximate surface area is 184 Å². The largest absolute Gasteiger partial charge is 0.493 e. The van der Waals surface area contributed by atoms with E-state index < -0.39 is 5.97 Å². The van der Waals surface area contributed by atoms with Crippen LogP contribution < -0.4 is 24.4 Å². The average molecular weight is 435 g/mol. The first kappa shape index (κ1) is 22.3. The number of hydrogen-bond acceptors (Lipinski definition) is 8. The summed E-state index contributed by atoms with van der Waals surface area (Å²) >= 11 is 0. The summed E-state index contributed by atoms with van der Waals surface area (Å²) in [5, 5.41) is 3.92. The normalized spacial score (nSPS) is 10.5. The molecule has 1 N–H and O–H groups in total. The van der Waals surface area contributed by atoms with Crippen LogP contribution >= 0.6 is 0 Å². The molecule has 1 aromatic heterocycles. The number of hydrogen-bond donors (Lipinski definition) is 1. The van der Waals surface area contributed by atoms with Crippen molar-refractivity contribution in [2.75, 3.05) is 21.3 Å². The molecule has 1 amide bonds. The van der Waals surface area contributed by atoms with Crippen LogP contribution in [0.5, 0.6) is 23.0 Å². The van der Waals surface area contributed by atoms with Gasteiger partial charge < -0.3 is 18.9 Å². The maximum atomic E-state index is 12.7. The molecule has 0 aliphatic rings. The van der Waals surface area contributed by atoms with Crippen molar-refractivity contribution in [1.29, 1.82) is 0 Å². The number of nitrogens with zero attached hydrogens (tertiary/aromatic N) is 2. The van der Waals surface area contributed by atoms with Crippen molar-refractivity contribution in [3.8, 4) is 23.0 Å². The number of benzene rings is 2. The molecule has 0 unspecified atom stereocenters. The summed E-state index contributed by atoms with van der Waals surface area (Å²) in [5.41, 5.74) is 3.64. The second-order valence-corrected chi connectivity index (χ2v) is 6.32. The van der Waals surface area contributed by atoms with Gasteiger partial charge in [-0.2, -0.15) is 5.10 Å². The smallest absolute Gasteiger partial charge is 0.343 e. The highest BCUT2D eigenvalue weighted by atomic mass is 16.5. The minimum Gasteiger partial charge on any atom is -0.493 e. The lowest BCUT2D eigenvalue weighted by Gasteiger charge is -2.13. The SMILES string of the molecule is COc1cc(C(=O)Oc2cccc(C=NNC(=O)c3cccnc3)c2)cc(OC)c1OC. The van der Waals surface area contributed by atoms with E-state index in [9.17, 15) is 9.59 Å². The first-order chi connectivity index (χ1) is 15.5. The standard InChI is InChI=1S/C23H21N3O6/c1-29-19-11-17(12-20(30-2)21(19)31-3)23(28)32-18-8-4-6-15(10-18)13-25-26-22(27)16-7-5-9-24-14-16/h4-14H,1-3H3,(H,26,27). The van der Waals surface area contributed by atoms with E-state index >= 15 is 0 Å². The molecule has 0 saturated carbocycles. The first-order valence-electron chi connectivity index (χ1n) is 9.41. The van der Waals surface area contributed by atoms with E-state index in [1.165, 1.54) is 45.9 Å². The Morgan fingerprint density at radius 2 is 1.69 bits per heavy atom. The number of pyridine rings is 1. The highest BCUT2D eigenvalue weighted by Crippen LogP contribution is 2.38.